The number of pyridine rings is 1. The summed E-state index contributed by atoms with van der Waals surface area (Å²) in [5.74, 6) is 1.17. The third-order valence-electron chi connectivity index (χ3n) is 4.52. The maximum atomic E-state index is 11.1. The van der Waals surface area contributed by atoms with Crippen LogP contribution in [-0.2, 0) is 0 Å². The van der Waals surface area contributed by atoms with E-state index in [1.807, 2.05) is 66.9 Å². The van der Waals surface area contributed by atoms with Crippen LogP contribution >= 0.6 is 11.8 Å². The number of hydrogen-bond donors (Lipinski definition) is 1. The Hall–Kier alpha value is -3.25. The monoisotopic (exact) mass is 389 g/mol. The molecule has 0 aliphatic carbocycles. The summed E-state index contributed by atoms with van der Waals surface area (Å²) in [6, 6.07) is 19.3. The number of ether oxygens (including phenoxy) is 1. The van der Waals surface area contributed by atoms with Crippen LogP contribution in [-0.4, -0.2) is 33.3 Å². The van der Waals surface area contributed by atoms with Gasteiger partial charge in [0.1, 0.15) is 17.1 Å². The standard InChI is InChI=1S/C22H19N3O2S/c1-27-19-6-4-3-5-18(19)20-21(15-11-13-23-14-12-15)25(26)22(24-20)16-7-9-17(28-2)10-8-16/h3-14,26H,1-2H3. The minimum absolute atomic E-state index is 0.473. The molecule has 0 unspecified atom stereocenters. The van der Waals surface area contributed by atoms with Gasteiger partial charge in [-0.3, -0.25) is 4.98 Å². The second kappa shape index (κ2) is 7.78. The third-order valence-corrected chi connectivity index (χ3v) is 5.26. The molecule has 0 saturated heterocycles. The zero-order valence-corrected chi connectivity index (χ0v) is 16.4. The van der Waals surface area contributed by atoms with Crippen molar-refractivity contribution in [2.24, 2.45) is 0 Å². The second-order valence-corrected chi connectivity index (χ2v) is 6.99. The molecular weight excluding hydrogens is 370 g/mol. The van der Waals surface area contributed by atoms with Crippen LogP contribution in [0.25, 0.3) is 33.9 Å². The minimum atomic E-state index is 0.473. The SMILES string of the molecule is COc1ccccc1-c1nc(-c2ccc(SC)cc2)n(O)c1-c1ccncc1. The highest BCUT2D eigenvalue weighted by molar-refractivity contribution is 7.98. The highest BCUT2D eigenvalue weighted by atomic mass is 32.2. The largest absolute Gasteiger partial charge is 0.496 e. The summed E-state index contributed by atoms with van der Waals surface area (Å²) in [6.07, 6.45) is 5.42. The van der Waals surface area contributed by atoms with Gasteiger partial charge in [0.25, 0.3) is 0 Å². The van der Waals surface area contributed by atoms with Crippen LogP contribution < -0.4 is 4.74 Å². The van der Waals surface area contributed by atoms with Gasteiger partial charge in [-0.1, -0.05) is 24.3 Å². The van der Waals surface area contributed by atoms with E-state index in [4.69, 9.17) is 9.72 Å². The Kier molecular flexibility index (Phi) is 5.04. The van der Waals surface area contributed by atoms with E-state index in [2.05, 4.69) is 4.98 Å². The molecule has 2 aromatic heterocycles. The Balaban J connectivity index is 1.96. The smallest absolute Gasteiger partial charge is 0.176 e. The Morgan fingerprint density at radius 3 is 2.32 bits per heavy atom. The Morgan fingerprint density at radius 1 is 0.929 bits per heavy atom. The fourth-order valence-corrected chi connectivity index (χ4v) is 3.54. The van der Waals surface area contributed by atoms with Crippen LogP contribution in [0.1, 0.15) is 0 Å². The van der Waals surface area contributed by atoms with Crippen molar-refractivity contribution in [2.75, 3.05) is 13.4 Å². The van der Waals surface area contributed by atoms with Crippen molar-refractivity contribution >= 4 is 11.8 Å². The van der Waals surface area contributed by atoms with Crippen LogP contribution in [0.4, 0.5) is 0 Å². The number of nitrogens with zero attached hydrogens (tertiary/aromatic N) is 3. The normalized spacial score (nSPS) is 10.8. The first kappa shape index (κ1) is 18.1. The van der Waals surface area contributed by atoms with E-state index < -0.39 is 0 Å². The number of para-hydroxylation sites is 1. The van der Waals surface area contributed by atoms with Crippen LogP contribution in [0, 0.1) is 0 Å². The van der Waals surface area contributed by atoms with E-state index in [0.29, 0.717) is 23.0 Å². The van der Waals surface area contributed by atoms with Gasteiger partial charge in [-0.2, -0.15) is 4.73 Å². The van der Waals surface area contributed by atoms with Crippen LogP contribution in [0.3, 0.4) is 0 Å². The molecule has 0 saturated carbocycles. The zero-order valence-electron chi connectivity index (χ0n) is 15.5. The number of benzene rings is 2. The number of rotatable bonds is 5. The summed E-state index contributed by atoms with van der Waals surface area (Å²) < 4.78 is 6.67. The molecule has 0 bridgehead atoms. The van der Waals surface area contributed by atoms with Gasteiger partial charge in [0, 0.05) is 34.0 Å². The molecule has 2 aromatic carbocycles. The van der Waals surface area contributed by atoms with Crippen molar-refractivity contribution in [1.29, 1.82) is 0 Å². The quantitative estimate of drug-likeness (QED) is 0.373. The van der Waals surface area contributed by atoms with E-state index in [0.717, 1.165) is 26.3 Å². The lowest BCUT2D eigenvalue weighted by molar-refractivity contribution is 0.195. The number of imidazole rings is 1. The highest BCUT2D eigenvalue weighted by Gasteiger charge is 2.23. The molecule has 5 nitrogen and oxygen atoms in total. The molecule has 0 spiro atoms. The van der Waals surface area contributed by atoms with Gasteiger partial charge in [-0.15, -0.1) is 11.8 Å². The Morgan fingerprint density at radius 2 is 1.64 bits per heavy atom. The van der Waals surface area contributed by atoms with Gasteiger partial charge in [0.05, 0.1) is 7.11 Å². The number of hydrogen-bond acceptors (Lipinski definition) is 5. The molecule has 0 aliphatic rings. The van der Waals surface area contributed by atoms with Crippen molar-refractivity contribution < 1.29 is 9.94 Å². The first-order valence-electron chi connectivity index (χ1n) is 8.73. The summed E-state index contributed by atoms with van der Waals surface area (Å²) in [7, 11) is 1.63. The van der Waals surface area contributed by atoms with Gasteiger partial charge < -0.3 is 9.94 Å². The molecule has 2 heterocycles. The predicted molar refractivity (Wildman–Crippen MR) is 112 cm³/mol. The highest BCUT2D eigenvalue weighted by Crippen LogP contribution is 2.39. The summed E-state index contributed by atoms with van der Waals surface area (Å²) in [5, 5.41) is 11.1. The van der Waals surface area contributed by atoms with E-state index in [9.17, 15) is 5.21 Å². The van der Waals surface area contributed by atoms with E-state index in [1.165, 1.54) is 0 Å². The van der Waals surface area contributed by atoms with E-state index in [1.54, 1.807) is 31.3 Å². The molecule has 0 atom stereocenters. The molecule has 28 heavy (non-hydrogen) atoms. The van der Waals surface area contributed by atoms with Crippen molar-refractivity contribution in [1.82, 2.24) is 14.7 Å². The average Bonchev–Trinajstić information content (AvgIpc) is 3.11. The van der Waals surface area contributed by atoms with Crippen molar-refractivity contribution in [3.8, 4) is 39.7 Å². The van der Waals surface area contributed by atoms with E-state index in [-0.39, 0.29) is 0 Å². The van der Waals surface area contributed by atoms with Gasteiger partial charge in [0.2, 0.25) is 0 Å². The average molecular weight is 389 g/mol. The first-order chi connectivity index (χ1) is 13.7. The summed E-state index contributed by atoms with van der Waals surface area (Å²) in [5.41, 5.74) is 3.70. The molecule has 4 rings (SSSR count). The minimum Gasteiger partial charge on any atom is -0.496 e. The number of methoxy groups -OCH3 is 1. The molecule has 0 aliphatic heterocycles. The van der Waals surface area contributed by atoms with Gasteiger partial charge >= 0.3 is 0 Å². The van der Waals surface area contributed by atoms with Crippen LogP contribution in [0.15, 0.2) is 78.0 Å². The first-order valence-corrected chi connectivity index (χ1v) is 9.95. The molecule has 140 valence electrons. The maximum Gasteiger partial charge on any atom is 0.176 e. The lowest BCUT2D eigenvalue weighted by Crippen LogP contribution is -1.97. The third kappa shape index (κ3) is 3.23. The lowest BCUT2D eigenvalue weighted by Gasteiger charge is -2.09. The van der Waals surface area contributed by atoms with Crippen molar-refractivity contribution in [2.45, 2.75) is 4.90 Å². The van der Waals surface area contributed by atoms with Gasteiger partial charge in [0.15, 0.2) is 5.82 Å². The van der Waals surface area contributed by atoms with Crippen LogP contribution in [0.5, 0.6) is 5.75 Å². The molecule has 0 radical (unpaired) electrons. The van der Waals surface area contributed by atoms with E-state index >= 15 is 0 Å². The Bertz CT molecular complexity index is 1090. The molecule has 6 heteroatoms. The summed E-state index contributed by atoms with van der Waals surface area (Å²) >= 11 is 1.67. The fourth-order valence-electron chi connectivity index (χ4n) is 3.14. The Labute approximate surface area is 167 Å². The van der Waals surface area contributed by atoms with Gasteiger partial charge in [-0.05, 0) is 42.7 Å². The predicted octanol–water partition coefficient (Wildman–Crippen LogP) is 5.25. The van der Waals surface area contributed by atoms with Crippen LogP contribution in [0.2, 0.25) is 0 Å². The number of aromatic nitrogens is 3. The maximum absolute atomic E-state index is 11.1. The molecular formula is C22H19N3O2S. The lowest BCUT2D eigenvalue weighted by atomic mass is 10.1. The van der Waals surface area contributed by atoms with Crippen molar-refractivity contribution in [3.63, 3.8) is 0 Å². The summed E-state index contributed by atoms with van der Waals surface area (Å²) in [6.45, 7) is 0. The molecule has 0 amide bonds. The zero-order chi connectivity index (χ0) is 19.5. The topological polar surface area (TPSA) is 60.2 Å². The molecule has 4 aromatic rings. The van der Waals surface area contributed by atoms with Crippen molar-refractivity contribution in [3.05, 3.63) is 73.1 Å². The second-order valence-electron chi connectivity index (χ2n) is 6.11. The molecule has 1 N–H and O–H groups in total. The number of thioether (sulfide) groups is 1. The molecule has 0 fully saturated rings. The fraction of sp³-hybridized carbons (Fsp3) is 0.0909. The van der Waals surface area contributed by atoms with Gasteiger partial charge in [-0.25, -0.2) is 4.98 Å². The summed E-state index contributed by atoms with van der Waals surface area (Å²) in [4.78, 5) is 10.0.